The van der Waals surface area contributed by atoms with Gasteiger partial charge in [0.15, 0.2) is 0 Å². The van der Waals surface area contributed by atoms with Crippen molar-refractivity contribution in [2.75, 3.05) is 25.1 Å². The molecule has 0 aliphatic heterocycles. The molecule has 0 aliphatic carbocycles. The third-order valence-corrected chi connectivity index (χ3v) is 3.78. The van der Waals surface area contributed by atoms with Gasteiger partial charge in [-0.05, 0) is 43.7 Å². The molecule has 3 heteroatoms. The van der Waals surface area contributed by atoms with Crippen LogP contribution in [0.25, 0.3) is 0 Å². The average Bonchev–Trinajstić information content (AvgIpc) is 2.53. The van der Waals surface area contributed by atoms with Crippen LogP contribution >= 0.6 is 0 Å². The van der Waals surface area contributed by atoms with Gasteiger partial charge in [-0.3, -0.25) is 0 Å². The van der Waals surface area contributed by atoms with Crippen molar-refractivity contribution in [1.29, 1.82) is 0 Å². The van der Waals surface area contributed by atoms with E-state index in [2.05, 4.69) is 55.1 Å². The fraction of sp³-hybridized carbons (Fsp3) is 0.333. The zero-order valence-corrected chi connectivity index (χ0v) is 13.0. The molecule has 0 amide bonds. The van der Waals surface area contributed by atoms with E-state index in [-0.39, 0.29) is 6.04 Å². The van der Waals surface area contributed by atoms with Crippen LogP contribution in [-0.4, -0.2) is 20.2 Å². The van der Waals surface area contributed by atoms with Crippen molar-refractivity contribution >= 4 is 5.69 Å². The van der Waals surface area contributed by atoms with Crippen molar-refractivity contribution in [3.05, 3.63) is 59.7 Å². The van der Waals surface area contributed by atoms with E-state index in [4.69, 9.17) is 10.5 Å². The first-order chi connectivity index (χ1) is 10.2. The minimum Gasteiger partial charge on any atom is -0.497 e. The molecule has 2 aromatic carbocycles. The van der Waals surface area contributed by atoms with Crippen LogP contribution in [0.4, 0.5) is 5.69 Å². The van der Waals surface area contributed by atoms with Gasteiger partial charge in [0.25, 0.3) is 0 Å². The highest BCUT2D eigenvalue weighted by Crippen LogP contribution is 2.28. The number of nitrogens with zero attached hydrogens (tertiary/aromatic N) is 1. The first-order valence-electron chi connectivity index (χ1n) is 7.37. The van der Waals surface area contributed by atoms with Gasteiger partial charge >= 0.3 is 0 Å². The predicted octanol–water partition coefficient (Wildman–Crippen LogP) is 3.53. The topological polar surface area (TPSA) is 38.5 Å². The minimum atomic E-state index is 0.146. The number of aryl methyl sites for hydroxylation is 1. The summed E-state index contributed by atoms with van der Waals surface area (Å²) in [4.78, 5) is 2.33. The standard InChI is InChI=1S/C18H24N2O/c1-4-20(16-10-8-14(2)9-11-16)18(13-19)15-6-5-7-17(12-15)21-3/h5-12,18H,4,13,19H2,1-3H3. The Hall–Kier alpha value is -2.00. The lowest BCUT2D eigenvalue weighted by Gasteiger charge is -2.32. The zero-order valence-electron chi connectivity index (χ0n) is 13.0. The maximum Gasteiger partial charge on any atom is 0.119 e. The van der Waals surface area contributed by atoms with E-state index in [0.717, 1.165) is 12.3 Å². The lowest BCUT2D eigenvalue weighted by atomic mass is 10.0. The smallest absolute Gasteiger partial charge is 0.119 e. The van der Waals surface area contributed by atoms with Crippen molar-refractivity contribution in [2.45, 2.75) is 19.9 Å². The molecule has 0 spiro atoms. The van der Waals surface area contributed by atoms with Gasteiger partial charge in [0, 0.05) is 18.8 Å². The van der Waals surface area contributed by atoms with Gasteiger partial charge in [-0.15, -0.1) is 0 Å². The highest BCUT2D eigenvalue weighted by molar-refractivity contribution is 5.50. The molecule has 112 valence electrons. The van der Waals surface area contributed by atoms with E-state index in [1.54, 1.807) is 7.11 Å². The summed E-state index contributed by atoms with van der Waals surface area (Å²) in [5, 5.41) is 0. The largest absolute Gasteiger partial charge is 0.497 e. The zero-order chi connectivity index (χ0) is 15.2. The van der Waals surface area contributed by atoms with E-state index in [1.165, 1.54) is 16.8 Å². The molecule has 2 rings (SSSR count). The van der Waals surface area contributed by atoms with Crippen LogP contribution in [0.15, 0.2) is 48.5 Å². The van der Waals surface area contributed by atoms with Gasteiger partial charge in [0.1, 0.15) is 5.75 Å². The Morgan fingerprint density at radius 1 is 1.14 bits per heavy atom. The molecule has 2 N–H and O–H groups in total. The van der Waals surface area contributed by atoms with Gasteiger partial charge in [-0.25, -0.2) is 0 Å². The van der Waals surface area contributed by atoms with Crippen LogP contribution in [0.2, 0.25) is 0 Å². The summed E-state index contributed by atoms with van der Waals surface area (Å²) >= 11 is 0. The molecule has 0 aliphatic rings. The molecular formula is C18H24N2O. The van der Waals surface area contributed by atoms with Crippen LogP contribution in [0.1, 0.15) is 24.1 Å². The van der Waals surface area contributed by atoms with Crippen molar-refractivity contribution in [3.8, 4) is 5.75 Å². The molecule has 0 aromatic heterocycles. The number of likely N-dealkylation sites (N-methyl/N-ethyl adjacent to an activating group) is 1. The van der Waals surface area contributed by atoms with Crippen molar-refractivity contribution in [2.24, 2.45) is 5.73 Å². The SMILES string of the molecule is CCN(c1ccc(C)cc1)C(CN)c1cccc(OC)c1. The first-order valence-corrected chi connectivity index (χ1v) is 7.37. The lowest BCUT2D eigenvalue weighted by molar-refractivity contribution is 0.413. The van der Waals surface area contributed by atoms with E-state index >= 15 is 0 Å². The van der Waals surface area contributed by atoms with Gasteiger partial charge in [0.05, 0.1) is 13.2 Å². The number of hydrogen-bond acceptors (Lipinski definition) is 3. The second-order valence-electron chi connectivity index (χ2n) is 5.15. The van der Waals surface area contributed by atoms with Crippen LogP contribution in [0, 0.1) is 6.92 Å². The van der Waals surface area contributed by atoms with Crippen LogP contribution in [0.3, 0.4) is 0 Å². The monoisotopic (exact) mass is 284 g/mol. The number of rotatable bonds is 6. The van der Waals surface area contributed by atoms with Crippen LogP contribution in [-0.2, 0) is 0 Å². The molecule has 1 atom stereocenters. The van der Waals surface area contributed by atoms with Crippen molar-refractivity contribution in [1.82, 2.24) is 0 Å². The third kappa shape index (κ3) is 3.56. The molecule has 3 nitrogen and oxygen atoms in total. The number of anilines is 1. The molecule has 21 heavy (non-hydrogen) atoms. The van der Waals surface area contributed by atoms with E-state index in [0.29, 0.717) is 6.54 Å². The van der Waals surface area contributed by atoms with Gasteiger partial charge in [-0.1, -0.05) is 29.8 Å². The van der Waals surface area contributed by atoms with E-state index in [1.807, 2.05) is 12.1 Å². The Bertz CT molecular complexity index is 566. The first kappa shape index (κ1) is 15.4. The maximum atomic E-state index is 6.06. The number of nitrogens with two attached hydrogens (primary N) is 1. The molecule has 0 heterocycles. The number of benzene rings is 2. The summed E-state index contributed by atoms with van der Waals surface area (Å²) in [6.07, 6.45) is 0. The molecule has 2 aromatic rings. The van der Waals surface area contributed by atoms with Gasteiger partial charge in [-0.2, -0.15) is 0 Å². The maximum absolute atomic E-state index is 6.06. The molecular weight excluding hydrogens is 260 g/mol. The van der Waals surface area contributed by atoms with Gasteiger partial charge in [0.2, 0.25) is 0 Å². The summed E-state index contributed by atoms with van der Waals surface area (Å²) in [6.45, 7) is 5.72. The highest BCUT2D eigenvalue weighted by Gasteiger charge is 2.18. The Morgan fingerprint density at radius 3 is 2.43 bits per heavy atom. The fourth-order valence-corrected chi connectivity index (χ4v) is 2.61. The van der Waals surface area contributed by atoms with Crippen molar-refractivity contribution in [3.63, 3.8) is 0 Å². The lowest BCUT2D eigenvalue weighted by Crippen LogP contribution is -2.33. The quantitative estimate of drug-likeness (QED) is 0.882. The summed E-state index contributed by atoms with van der Waals surface area (Å²) < 4.78 is 5.32. The van der Waals surface area contributed by atoms with E-state index < -0.39 is 0 Å². The summed E-state index contributed by atoms with van der Waals surface area (Å²) in [6, 6.07) is 16.9. The Morgan fingerprint density at radius 2 is 1.86 bits per heavy atom. The molecule has 0 fully saturated rings. The minimum absolute atomic E-state index is 0.146. The fourth-order valence-electron chi connectivity index (χ4n) is 2.61. The summed E-state index contributed by atoms with van der Waals surface area (Å²) in [5.41, 5.74) is 9.70. The Balaban J connectivity index is 2.34. The van der Waals surface area contributed by atoms with Crippen LogP contribution in [0.5, 0.6) is 5.75 Å². The van der Waals surface area contributed by atoms with E-state index in [9.17, 15) is 0 Å². The summed E-state index contributed by atoms with van der Waals surface area (Å²) in [7, 11) is 1.69. The number of hydrogen-bond donors (Lipinski definition) is 1. The molecule has 0 bridgehead atoms. The molecule has 0 radical (unpaired) electrons. The molecule has 1 unspecified atom stereocenters. The molecule has 0 saturated heterocycles. The molecule has 0 saturated carbocycles. The third-order valence-electron chi connectivity index (χ3n) is 3.78. The van der Waals surface area contributed by atoms with Crippen LogP contribution < -0.4 is 15.4 Å². The summed E-state index contributed by atoms with van der Waals surface area (Å²) in [5.74, 6) is 0.867. The second-order valence-corrected chi connectivity index (χ2v) is 5.15. The highest BCUT2D eigenvalue weighted by atomic mass is 16.5. The Labute approximate surface area is 127 Å². The number of methoxy groups -OCH3 is 1. The predicted molar refractivity (Wildman–Crippen MR) is 89.0 cm³/mol. The Kier molecular flexibility index (Phi) is 5.23. The average molecular weight is 284 g/mol. The van der Waals surface area contributed by atoms with Gasteiger partial charge < -0.3 is 15.4 Å². The normalized spacial score (nSPS) is 12.0. The van der Waals surface area contributed by atoms with Crippen molar-refractivity contribution < 1.29 is 4.74 Å². The number of ether oxygens (including phenoxy) is 1. The second kappa shape index (κ2) is 7.14.